The second-order valence-electron chi connectivity index (χ2n) is 6.64. The van der Waals surface area contributed by atoms with Crippen molar-refractivity contribution in [2.45, 2.75) is 26.2 Å². The zero-order valence-electron chi connectivity index (χ0n) is 14.6. The highest BCUT2D eigenvalue weighted by Gasteiger charge is 2.35. The largest absolute Gasteiger partial charge is 0.339 e. The van der Waals surface area contributed by atoms with Crippen molar-refractivity contribution in [3.8, 4) is 11.4 Å². The summed E-state index contributed by atoms with van der Waals surface area (Å²) < 4.78 is 5.46. The van der Waals surface area contributed by atoms with Crippen LogP contribution in [-0.2, 0) is 4.79 Å². The van der Waals surface area contributed by atoms with Gasteiger partial charge in [-0.2, -0.15) is 4.98 Å². The molecule has 1 fully saturated rings. The predicted octanol–water partition coefficient (Wildman–Crippen LogP) is 4.53. The molecular weight excluding hydrogens is 350 g/mol. The van der Waals surface area contributed by atoms with Crippen LogP contribution < -0.4 is 4.90 Å². The van der Waals surface area contributed by atoms with Crippen LogP contribution in [0.5, 0.6) is 0 Å². The van der Waals surface area contributed by atoms with Crippen molar-refractivity contribution < 1.29 is 9.32 Å². The van der Waals surface area contributed by atoms with Crippen LogP contribution in [0.4, 0.5) is 5.69 Å². The number of halogens is 1. The first-order valence-electron chi connectivity index (χ1n) is 8.48. The lowest BCUT2D eigenvalue weighted by atomic mass is 10.1. The summed E-state index contributed by atoms with van der Waals surface area (Å²) in [5, 5.41) is 4.75. The Morgan fingerprint density at radius 1 is 1.12 bits per heavy atom. The van der Waals surface area contributed by atoms with Crippen LogP contribution in [0.25, 0.3) is 11.4 Å². The first-order chi connectivity index (χ1) is 12.5. The molecule has 0 saturated carbocycles. The Hall–Kier alpha value is -2.66. The van der Waals surface area contributed by atoms with Crippen molar-refractivity contribution in [1.82, 2.24) is 10.1 Å². The zero-order chi connectivity index (χ0) is 18.3. The van der Waals surface area contributed by atoms with Crippen LogP contribution in [0.15, 0.2) is 47.0 Å². The first-order valence-corrected chi connectivity index (χ1v) is 8.86. The maximum Gasteiger partial charge on any atom is 0.232 e. The molecule has 2 aromatic carbocycles. The summed E-state index contributed by atoms with van der Waals surface area (Å²) in [6, 6.07) is 13.3. The molecule has 1 aliphatic heterocycles. The third-order valence-corrected chi connectivity index (χ3v) is 5.07. The zero-order valence-corrected chi connectivity index (χ0v) is 15.3. The molecule has 0 radical (unpaired) electrons. The highest BCUT2D eigenvalue weighted by molar-refractivity contribution is 6.30. The van der Waals surface area contributed by atoms with Gasteiger partial charge in [0.05, 0.1) is 5.92 Å². The second-order valence-corrected chi connectivity index (χ2v) is 7.07. The van der Waals surface area contributed by atoms with Gasteiger partial charge in [0.2, 0.25) is 17.6 Å². The summed E-state index contributed by atoms with van der Waals surface area (Å²) in [4.78, 5) is 18.7. The van der Waals surface area contributed by atoms with Crippen molar-refractivity contribution >= 4 is 23.2 Å². The molecule has 1 unspecified atom stereocenters. The molecule has 0 bridgehead atoms. The van der Waals surface area contributed by atoms with Crippen LogP contribution in [0, 0.1) is 13.8 Å². The van der Waals surface area contributed by atoms with Gasteiger partial charge >= 0.3 is 0 Å². The number of carbonyl (C=O) groups is 1. The lowest BCUT2D eigenvalue weighted by Crippen LogP contribution is -2.24. The SMILES string of the molecule is Cc1ccc(-c2noc(C3CC(=O)N(c4ccc(Cl)cc4)C3)n2)cc1C. The molecule has 1 saturated heterocycles. The molecule has 1 amide bonds. The molecule has 1 aliphatic rings. The Morgan fingerprint density at radius 3 is 2.62 bits per heavy atom. The van der Waals surface area contributed by atoms with E-state index in [0.29, 0.717) is 29.7 Å². The van der Waals surface area contributed by atoms with Crippen molar-refractivity contribution in [3.63, 3.8) is 0 Å². The van der Waals surface area contributed by atoms with Crippen LogP contribution in [0.3, 0.4) is 0 Å². The van der Waals surface area contributed by atoms with E-state index in [-0.39, 0.29) is 11.8 Å². The lowest BCUT2D eigenvalue weighted by molar-refractivity contribution is -0.117. The number of anilines is 1. The van der Waals surface area contributed by atoms with Gasteiger partial charge in [-0.05, 0) is 55.3 Å². The Kier molecular flexibility index (Phi) is 4.24. The number of aromatic nitrogens is 2. The molecule has 4 rings (SSSR count). The molecule has 2 heterocycles. The molecule has 6 heteroatoms. The van der Waals surface area contributed by atoms with E-state index in [0.717, 1.165) is 11.3 Å². The lowest BCUT2D eigenvalue weighted by Gasteiger charge is -2.15. The fourth-order valence-electron chi connectivity index (χ4n) is 3.14. The van der Waals surface area contributed by atoms with E-state index in [1.165, 1.54) is 11.1 Å². The summed E-state index contributed by atoms with van der Waals surface area (Å²) >= 11 is 5.92. The highest BCUT2D eigenvalue weighted by atomic mass is 35.5. The van der Waals surface area contributed by atoms with Crippen LogP contribution >= 0.6 is 11.6 Å². The minimum absolute atomic E-state index is 0.0447. The number of hydrogen-bond acceptors (Lipinski definition) is 4. The van der Waals surface area contributed by atoms with Gasteiger partial charge in [-0.3, -0.25) is 4.79 Å². The molecule has 5 nitrogen and oxygen atoms in total. The molecule has 132 valence electrons. The third kappa shape index (κ3) is 3.10. The standard InChI is InChI=1S/C20H18ClN3O2/c1-12-3-4-14(9-13(12)2)19-22-20(26-23-19)15-10-18(25)24(11-15)17-7-5-16(21)6-8-17/h3-9,15H,10-11H2,1-2H3. The molecule has 1 atom stereocenters. The quantitative estimate of drug-likeness (QED) is 0.682. The number of benzene rings is 2. The maximum atomic E-state index is 12.4. The summed E-state index contributed by atoms with van der Waals surface area (Å²) in [6.45, 7) is 4.64. The van der Waals surface area contributed by atoms with Crippen molar-refractivity contribution in [3.05, 3.63) is 64.5 Å². The summed E-state index contributed by atoms with van der Waals surface area (Å²) in [6.07, 6.45) is 0.358. The summed E-state index contributed by atoms with van der Waals surface area (Å²) in [7, 11) is 0. The summed E-state index contributed by atoms with van der Waals surface area (Å²) in [5.41, 5.74) is 4.15. The van der Waals surface area contributed by atoms with Gasteiger partial charge in [0, 0.05) is 29.2 Å². The topological polar surface area (TPSA) is 59.2 Å². The number of aryl methyl sites for hydroxylation is 2. The number of carbonyl (C=O) groups excluding carboxylic acids is 1. The predicted molar refractivity (Wildman–Crippen MR) is 100 cm³/mol. The van der Waals surface area contributed by atoms with Crippen molar-refractivity contribution in [2.75, 3.05) is 11.4 Å². The molecule has 0 spiro atoms. The van der Waals surface area contributed by atoms with Crippen LogP contribution in [0.2, 0.25) is 5.02 Å². The molecular formula is C20H18ClN3O2. The van der Waals surface area contributed by atoms with E-state index < -0.39 is 0 Å². The number of rotatable bonds is 3. The molecule has 3 aromatic rings. The van der Waals surface area contributed by atoms with Crippen LogP contribution in [0.1, 0.15) is 29.4 Å². The molecule has 0 N–H and O–H groups in total. The van der Waals surface area contributed by atoms with Gasteiger partial charge in [-0.15, -0.1) is 0 Å². The smallest absolute Gasteiger partial charge is 0.232 e. The monoisotopic (exact) mass is 367 g/mol. The van der Waals surface area contributed by atoms with Gasteiger partial charge in [-0.1, -0.05) is 28.9 Å². The van der Waals surface area contributed by atoms with Crippen molar-refractivity contribution in [2.24, 2.45) is 0 Å². The minimum atomic E-state index is -0.106. The number of amides is 1. The normalized spacial score (nSPS) is 17.1. The van der Waals surface area contributed by atoms with E-state index in [4.69, 9.17) is 16.1 Å². The Morgan fingerprint density at radius 2 is 1.88 bits per heavy atom. The van der Waals surface area contributed by atoms with E-state index >= 15 is 0 Å². The average molecular weight is 368 g/mol. The highest BCUT2D eigenvalue weighted by Crippen LogP contribution is 2.32. The fourth-order valence-corrected chi connectivity index (χ4v) is 3.27. The van der Waals surface area contributed by atoms with Gasteiger partial charge < -0.3 is 9.42 Å². The summed E-state index contributed by atoms with van der Waals surface area (Å²) in [5.74, 6) is 0.998. The van der Waals surface area contributed by atoms with Gasteiger partial charge in [0.25, 0.3) is 0 Å². The van der Waals surface area contributed by atoms with E-state index in [1.54, 1.807) is 17.0 Å². The fraction of sp³-hybridized carbons (Fsp3) is 0.250. The molecule has 26 heavy (non-hydrogen) atoms. The molecule has 1 aromatic heterocycles. The minimum Gasteiger partial charge on any atom is -0.339 e. The Balaban J connectivity index is 1.55. The van der Waals surface area contributed by atoms with Crippen LogP contribution in [-0.4, -0.2) is 22.6 Å². The number of hydrogen-bond donors (Lipinski definition) is 0. The average Bonchev–Trinajstić information content (AvgIpc) is 3.25. The maximum absolute atomic E-state index is 12.4. The van der Waals surface area contributed by atoms with E-state index in [1.807, 2.05) is 30.3 Å². The van der Waals surface area contributed by atoms with E-state index in [9.17, 15) is 4.79 Å². The Labute approximate surface area is 156 Å². The number of nitrogens with zero attached hydrogens (tertiary/aromatic N) is 3. The second kappa shape index (κ2) is 6.57. The van der Waals surface area contributed by atoms with Gasteiger partial charge in [0.15, 0.2) is 0 Å². The third-order valence-electron chi connectivity index (χ3n) is 4.82. The van der Waals surface area contributed by atoms with Crippen molar-refractivity contribution in [1.29, 1.82) is 0 Å². The first kappa shape index (κ1) is 16.8. The Bertz CT molecular complexity index is 965. The van der Waals surface area contributed by atoms with Gasteiger partial charge in [0.1, 0.15) is 0 Å². The van der Waals surface area contributed by atoms with E-state index in [2.05, 4.69) is 24.0 Å². The van der Waals surface area contributed by atoms with Gasteiger partial charge in [-0.25, -0.2) is 0 Å². The molecule has 0 aliphatic carbocycles.